The first kappa shape index (κ1) is 25.2. The summed E-state index contributed by atoms with van der Waals surface area (Å²) < 4.78 is 52.0. The van der Waals surface area contributed by atoms with Gasteiger partial charge in [0.2, 0.25) is 10.0 Å². The van der Waals surface area contributed by atoms with Gasteiger partial charge in [0.05, 0.1) is 55.5 Å². The van der Waals surface area contributed by atoms with E-state index in [9.17, 15) is 12.8 Å². The summed E-state index contributed by atoms with van der Waals surface area (Å²) in [5, 5.41) is 8.23. The zero-order valence-corrected chi connectivity index (χ0v) is 20.5. The molecule has 1 aromatic heterocycles. The molecule has 1 fully saturated rings. The topological polar surface area (TPSA) is 89.8 Å². The average Bonchev–Trinajstić information content (AvgIpc) is 3.34. The fourth-order valence-corrected chi connectivity index (χ4v) is 4.86. The summed E-state index contributed by atoms with van der Waals surface area (Å²) in [6.07, 6.45) is 2.04. The second kappa shape index (κ2) is 11.7. The predicted octanol–water partition coefficient (Wildman–Crippen LogP) is 2.66. The smallest absolute Gasteiger partial charge is 0.243 e. The van der Waals surface area contributed by atoms with Gasteiger partial charge >= 0.3 is 0 Å². The van der Waals surface area contributed by atoms with Crippen LogP contribution >= 0.6 is 0 Å². The summed E-state index contributed by atoms with van der Waals surface area (Å²) in [6.45, 7) is 3.97. The Morgan fingerprint density at radius 2 is 1.80 bits per heavy atom. The molecule has 0 radical (unpaired) electrons. The molecule has 3 aromatic rings. The van der Waals surface area contributed by atoms with Crippen LogP contribution in [0.1, 0.15) is 17.7 Å². The van der Waals surface area contributed by atoms with Crippen molar-refractivity contribution in [1.82, 2.24) is 24.2 Å². The number of alkyl halides is 1. The van der Waals surface area contributed by atoms with Crippen LogP contribution in [-0.2, 0) is 27.8 Å². The minimum atomic E-state index is -3.68. The Hall–Kier alpha value is -2.86. The molecule has 0 aliphatic carbocycles. The lowest BCUT2D eigenvalue weighted by Crippen LogP contribution is -2.35. The minimum Gasteiger partial charge on any atom is -0.493 e. The largest absolute Gasteiger partial charge is 0.493 e. The van der Waals surface area contributed by atoms with Crippen molar-refractivity contribution in [1.29, 1.82) is 0 Å². The molecule has 0 N–H and O–H groups in total. The van der Waals surface area contributed by atoms with Crippen molar-refractivity contribution in [2.75, 3.05) is 46.6 Å². The molecule has 9 nitrogen and oxygen atoms in total. The Kier molecular flexibility index (Phi) is 8.45. The monoisotopic (exact) mass is 502 g/mol. The summed E-state index contributed by atoms with van der Waals surface area (Å²) >= 11 is 0. The van der Waals surface area contributed by atoms with E-state index in [-0.39, 0.29) is 11.4 Å². The molecule has 0 atom stereocenters. The molecule has 0 amide bonds. The molecular weight excluding hydrogens is 472 g/mol. The highest BCUT2D eigenvalue weighted by atomic mass is 32.2. The fraction of sp³-hybridized carbons (Fsp3) is 0.417. The normalized spacial score (nSPS) is 14.9. The first-order valence-electron chi connectivity index (χ1n) is 11.5. The molecule has 0 bridgehead atoms. The van der Waals surface area contributed by atoms with Gasteiger partial charge in [0.15, 0.2) is 0 Å². The first-order valence-corrected chi connectivity index (χ1v) is 13.0. The molecule has 35 heavy (non-hydrogen) atoms. The Labute approximate surface area is 205 Å². The van der Waals surface area contributed by atoms with Crippen molar-refractivity contribution in [3.63, 3.8) is 0 Å². The molecule has 4 rings (SSSR count). The summed E-state index contributed by atoms with van der Waals surface area (Å²) in [4.78, 5) is 2.52. The van der Waals surface area contributed by atoms with Crippen LogP contribution in [0.25, 0.3) is 5.69 Å². The molecule has 1 aliphatic heterocycles. The SMILES string of the molecule is CN(Cc1cn(-c2ccc(OCCC[18F])cc2)nn1)S(=O)(=O)c1ccc(CN2CCOCC2)cc1. The van der Waals surface area contributed by atoms with Crippen molar-refractivity contribution >= 4 is 10.0 Å². The summed E-state index contributed by atoms with van der Waals surface area (Å²) in [5.41, 5.74) is 2.33. The van der Waals surface area contributed by atoms with E-state index in [0.29, 0.717) is 24.5 Å². The molecule has 2 aromatic carbocycles. The van der Waals surface area contributed by atoms with E-state index in [2.05, 4.69) is 15.2 Å². The number of ether oxygens (including phenoxy) is 2. The van der Waals surface area contributed by atoms with Gasteiger partial charge in [0.1, 0.15) is 5.75 Å². The van der Waals surface area contributed by atoms with E-state index < -0.39 is 16.7 Å². The fourth-order valence-electron chi connectivity index (χ4n) is 3.71. The van der Waals surface area contributed by atoms with E-state index in [4.69, 9.17) is 9.47 Å². The van der Waals surface area contributed by atoms with Crippen LogP contribution in [0.15, 0.2) is 59.6 Å². The Morgan fingerprint density at radius 3 is 2.49 bits per heavy atom. The maximum absolute atomic E-state index is 13.1. The summed E-state index contributed by atoms with van der Waals surface area (Å²) in [5.74, 6) is 0.643. The van der Waals surface area contributed by atoms with Gasteiger partial charge in [0, 0.05) is 33.1 Å². The highest BCUT2D eigenvalue weighted by Gasteiger charge is 2.22. The second-order valence-corrected chi connectivity index (χ2v) is 10.4. The number of aromatic nitrogens is 3. The van der Waals surface area contributed by atoms with E-state index in [1.165, 1.54) is 11.4 Å². The number of nitrogens with zero attached hydrogens (tertiary/aromatic N) is 5. The molecule has 0 saturated carbocycles. The van der Waals surface area contributed by atoms with Crippen LogP contribution in [0.4, 0.5) is 4.39 Å². The number of hydrogen-bond acceptors (Lipinski definition) is 7. The number of halogens is 1. The van der Waals surface area contributed by atoms with Crippen molar-refractivity contribution < 1.29 is 22.3 Å². The van der Waals surface area contributed by atoms with Crippen LogP contribution < -0.4 is 4.74 Å². The van der Waals surface area contributed by atoms with Gasteiger partial charge in [-0.1, -0.05) is 17.3 Å². The van der Waals surface area contributed by atoms with E-state index in [1.807, 2.05) is 24.3 Å². The molecular formula is C24H30FN5O4S. The van der Waals surface area contributed by atoms with Gasteiger partial charge in [-0.2, -0.15) is 4.31 Å². The van der Waals surface area contributed by atoms with Crippen molar-refractivity contribution in [2.24, 2.45) is 0 Å². The lowest BCUT2D eigenvalue weighted by molar-refractivity contribution is 0.0342. The Balaban J connectivity index is 1.36. The van der Waals surface area contributed by atoms with Crippen LogP contribution in [0.5, 0.6) is 5.75 Å². The van der Waals surface area contributed by atoms with Crippen LogP contribution in [0.2, 0.25) is 0 Å². The Bertz CT molecular complexity index is 1180. The Morgan fingerprint density at radius 1 is 1.09 bits per heavy atom. The predicted molar refractivity (Wildman–Crippen MR) is 129 cm³/mol. The zero-order chi connectivity index (χ0) is 24.7. The highest BCUT2D eigenvalue weighted by molar-refractivity contribution is 7.89. The summed E-state index contributed by atoms with van der Waals surface area (Å²) in [7, 11) is -2.15. The van der Waals surface area contributed by atoms with Crippen LogP contribution in [0, 0.1) is 0 Å². The van der Waals surface area contributed by atoms with Gasteiger partial charge in [-0.3, -0.25) is 9.29 Å². The number of sulfonamides is 1. The van der Waals surface area contributed by atoms with E-state index in [1.54, 1.807) is 35.1 Å². The van der Waals surface area contributed by atoms with Gasteiger partial charge in [-0.15, -0.1) is 5.10 Å². The molecule has 11 heteroatoms. The molecule has 0 unspecified atom stereocenters. The standard InChI is InChI=1S/C24H30FN5O4S/c1-28(35(31,32)24-9-3-20(4-10-24)17-29-12-15-33-16-13-29)18-21-19-30(27-26-21)22-5-7-23(8-6-22)34-14-2-11-25/h3-10,19H,2,11-18H2,1H3/i25-1. The number of rotatable bonds is 11. The number of benzene rings is 2. The van der Waals surface area contributed by atoms with Gasteiger partial charge < -0.3 is 9.47 Å². The third-order valence-corrected chi connectivity index (χ3v) is 7.53. The summed E-state index contributed by atoms with van der Waals surface area (Å²) in [6, 6.07) is 14.2. The quantitative estimate of drug-likeness (QED) is 0.373. The minimum absolute atomic E-state index is 0.0856. The third kappa shape index (κ3) is 6.63. The second-order valence-electron chi connectivity index (χ2n) is 8.33. The van der Waals surface area contributed by atoms with Crippen molar-refractivity contribution in [3.05, 3.63) is 66.0 Å². The maximum atomic E-state index is 13.1. The van der Waals surface area contributed by atoms with E-state index >= 15 is 0 Å². The van der Waals surface area contributed by atoms with Crippen LogP contribution in [0.3, 0.4) is 0 Å². The van der Waals surface area contributed by atoms with Gasteiger partial charge in [0.25, 0.3) is 0 Å². The lowest BCUT2D eigenvalue weighted by Gasteiger charge is -2.26. The number of morpholine rings is 1. The average molecular weight is 503 g/mol. The zero-order valence-electron chi connectivity index (χ0n) is 19.7. The number of hydrogen-bond donors (Lipinski definition) is 0. The molecule has 0 spiro atoms. The molecule has 2 heterocycles. The van der Waals surface area contributed by atoms with E-state index in [0.717, 1.165) is 44.1 Å². The molecule has 188 valence electrons. The maximum Gasteiger partial charge on any atom is 0.243 e. The molecule has 1 aliphatic rings. The van der Waals surface area contributed by atoms with Crippen molar-refractivity contribution in [2.45, 2.75) is 24.4 Å². The highest BCUT2D eigenvalue weighted by Crippen LogP contribution is 2.19. The van der Waals surface area contributed by atoms with Gasteiger partial charge in [-0.25, -0.2) is 13.1 Å². The third-order valence-electron chi connectivity index (χ3n) is 5.71. The van der Waals surface area contributed by atoms with Crippen LogP contribution in [-0.4, -0.2) is 79.2 Å². The lowest BCUT2D eigenvalue weighted by atomic mass is 10.2. The first-order chi connectivity index (χ1) is 17.0. The molecule has 1 saturated heterocycles. The van der Waals surface area contributed by atoms with Gasteiger partial charge in [-0.05, 0) is 42.0 Å². The van der Waals surface area contributed by atoms with Crippen molar-refractivity contribution in [3.8, 4) is 11.4 Å².